The summed E-state index contributed by atoms with van der Waals surface area (Å²) in [5.74, 6) is 0. The van der Waals surface area contributed by atoms with E-state index in [-0.39, 0.29) is 0 Å². The minimum Gasteiger partial charge on any atom is -0.310 e. The van der Waals surface area contributed by atoms with Gasteiger partial charge in [-0.25, -0.2) is 0 Å². The fourth-order valence-corrected chi connectivity index (χ4v) is 4.04. The van der Waals surface area contributed by atoms with Gasteiger partial charge in [-0.05, 0) is 45.2 Å². The molecule has 3 heteroatoms. The van der Waals surface area contributed by atoms with E-state index in [1.165, 1.54) is 71.4 Å². The third-order valence-corrected chi connectivity index (χ3v) is 5.21. The zero-order chi connectivity index (χ0) is 11.7. The Morgan fingerprint density at radius 3 is 2.94 bits per heavy atom. The third-order valence-electron chi connectivity index (χ3n) is 5.21. The molecule has 98 valence electrons. The average Bonchev–Trinajstić information content (AvgIpc) is 2.97. The van der Waals surface area contributed by atoms with Crippen LogP contribution < -0.4 is 5.32 Å². The number of piperazine rings is 1. The molecule has 0 aliphatic carbocycles. The summed E-state index contributed by atoms with van der Waals surface area (Å²) in [5.41, 5.74) is 0.445. The van der Waals surface area contributed by atoms with E-state index in [2.05, 4.69) is 22.0 Å². The van der Waals surface area contributed by atoms with Crippen LogP contribution in [0.25, 0.3) is 0 Å². The summed E-state index contributed by atoms with van der Waals surface area (Å²) in [6, 6.07) is 0.874. The lowest BCUT2D eigenvalue weighted by molar-refractivity contribution is 0.0802. The Morgan fingerprint density at radius 1 is 1.24 bits per heavy atom. The Bertz CT molecular complexity index is 260. The van der Waals surface area contributed by atoms with Crippen molar-refractivity contribution in [2.45, 2.75) is 50.6 Å². The first-order valence-electron chi connectivity index (χ1n) is 7.53. The first-order chi connectivity index (χ1) is 8.31. The van der Waals surface area contributed by atoms with E-state index in [1.807, 2.05) is 0 Å². The highest BCUT2D eigenvalue weighted by Crippen LogP contribution is 2.27. The molecule has 0 spiro atoms. The van der Waals surface area contributed by atoms with Crippen LogP contribution in [0.15, 0.2) is 0 Å². The summed E-state index contributed by atoms with van der Waals surface area (Å²) in [6.07, 6.45) is 6.90. The molecule has 3 rings (SSSR count). The summed E-state index contributed by atoms with van der Waals surface area (Å²) in [4.78, 5) is 5.44. The van der Waals surface area contributed by atoms with Gasteiger partial charge in [0.15, 0.2) is 0 Å². The summed E-state index contributed by atoms with van der Waals surface area (Å²) < 4.78 is 0. The van der Waals surface area contributed by atoms with Crippen molar-refractivity contribution in [2.75, 3.05) is 39.3 Å². The van der Waals surface area contributed by atoms with Crippen LogP contribution in [0.3, 0.4) is 0 Å². The number of rotatable bonds is 3. The molecule has 0 radical (unpaired) electrons. The standard InChI is InChI=1S/C14H27N3/c1-2-14(6-4-7-15-14)12-16-9-10-17-8-3-5-13(17)11-16/h13,15H,2-12H2,1H3. The highest BCUT2D eigenvalue weighted by Gasteiger charge is 2.37. The maximum atomic E-state index is 3.77. The van der Waals surface area contributed by atoms with Crippen LogP contribution in [0.4, 0.5) is 0 Å². The van der Waals surface area contributed by atoms with Crippen molar-refractivity contribution in [2.24, 2.45) is 0 Å². The highest BCUT2D eigenvalue weighted by molar-refractivity contribution is 4.97. The molecular weight excluding hydrogens is 210 g/mol. The lowest BCUT2D eigenvalue weighted by Crippen LogP contribution is -2.56. The van der Waals surface area contributed by atoms with E-state index in [4.69, 9.17) is 0 Å². The zero-order valence-corrected chi connectivity index (χ0v) is 11.2. The first-order valence-corrected chi connectivity index (χ1v) is 7.53. The van der Waals surface area contributed by atoms with Crippen LogP contribution in [-0.4, -0.2) is 60.6 Å². The van der Waals surface area contributed by atoms with E-state index in [0.717, 1.165) is 6.04 Å². The number of hydrogen-bond acceptors (Lipinski definition) is 3. The van der Waals surface area contributed by atoms with Gasteiger partial charge in [-0.15, -0.1) is 0 Å². The van der Waals surface area contributed by atoms with Gasteiger partial charge < -0.3 is 5.32 Å². The summed E-state index contributed by atoms with van der Waals surface area (Å²) in [6.45, 7) is 10.2. The normalized spacial score (nSPS) is 39.7. The van der Waals surface area contributed by atoms with E-state index in [0.29, 0.717) is 5.54 Å². The van der Waals surface area contributed by atoms with Crippen LogP contribution in [-0.2, 0) is 0 Å². The summed E-state index contributed by atoms with van der Waals surface area (Å²) in [7, 11) is 0. The molecular formula is C14H27N3. The van der Waals surface area contributed by atoms with Gasteiger partial charge in [0.05, 0.1) is 0 Å². The Kier molecular flexibility index (Phi) is 3.42. The van der Waals surface area contributed by atoms with E-state index in [9.17, 15) is 0 Å². The average molecular weight is 237 g/mol. The summed E-state index contributed by atoms with van der Waals surface area (Å²) >= 11 is 0. The van der Waals surface area contributed by atoms with Crippen molar-refractivity contribution in [3.05, 3.63) is 0 Å². The van der Waals surface area contributed by atoms with Gasteiger partial charge in [-0.2, -0.15) is 0 Å². The van der Waals surface area contributed by atoms with Crippen molar-refractivity contribution in [1.82, 2.24) is 15.1 Å². The molecule has 0 aromatic carbocycles. The second-order valence-electron chi connectivity index (χ2n) is 6.23. The second kappa shape index (κ2) is 4.87. The Balaban J connectivity index is 1.58. The zero-order valence-electron chi connectivity index (χ0n) is 11.2. The maximum Gasteiger partial charge on any atom is 0.0306 e. The van der Waals surface area contributed by atoms with Gasteiger partial charge in [0.25, 0.3) is 0 Å². The molecule has 0 bridgehead atoms. The Morgan fingerprint density at radius 2 is 2.18 bits per heavy atom. The number of hydrogen-bond donors (Lipinski definition) is 1. The SMILES string of the molecule is CCC1(CN2CCN3CCCC3C2)CCCN1. The van der Waals surface area contributed by atoms with E-state index < -0.39 is 0 Å². The third kappa shape index (κ3) is 2.38. The predicted molar refractivity (Wildman–Crippen MR) is 71.3 cm³/mol. The number of fused-ring (bicyclic) bond motifs is 1. The van der Waals surface area contributed by atoms with Crippen LogP contribution in [0, 0.1) is 0 Å². The topological polar surface area (TPSA) is 18.5 Å². The minimum absolute atomic E-state index is 0.445. The monoisotopic (exact) mass is 237 g/mol. The van der Waals surface area contributed by atoms with Crippen LogP contribution >= 0.6 is 0 Å². The quantitative estimate of drug-likeness (QED) is 0.798. The van der Waals surface area contributed by atoms with Gasteiger partial charge in [0.2, 0.25) is 0 Å². The molecule has 0 saturated carbocycles. The molecule has 3 heterocycles. The predicted octanol–water partition coefficient (Wildman–Crippen LogP) is 1.30. The Hall–Kier alpha value is -0.120. The molecule has 3 aliphatic heterocycles. The van der Waals surface area contributed by atoms with Crippen molar-refractivity contribution in [3.63, 3.8) is 0 Å². The van der Waals surface area contributed by atoms with Crippen molar-refractivity contribution < 1.29 is 0 Å². The van der Waals surface area contributed by atoms with Gasteiger partial charge in [0, 0.05) is 37.8 Å². The van der Waals surface area contributed by atoms with Gasteiger partial charge in [0.1, 0.15) is 0 Å². The molecule has 0 amide bonds. The molecule has 0 aromatic rings. The number of nitrogens with one attached hydrogen (secondary N) is 1. The molecule has 2 unspecified atom stereocenters. The minimum atomic E-state index is 0.445. The van der Waals surface area contributed by atoms with Crippen LogP contribution in [0.1, 0.15) is 39.0 Å². The molecule has 3 nitrogen and oxygen atoms in total. The molecule has 0 aromatic heterocycles. The molecule has 3 fully saturated rings. The van der Waals surface area contributed by atoms with Crippen molar-refractivity contribution in [1.29, 1.82) is 0 Å². The van der Waals surface area contributed by atoms with Crippen molar-refractivity contribution in [3.8, 4) is 0 Å². The maximum absolute atomic E-state index is 3.77. The lowest BCUT2D eigenvalue weighted by Gasteiger charge is -2.42. The van der Waals surface area contributed by atoms with E-state index in [1.54, 1.807) is 0 Å². The number of nitrogens with zero attached hydrogens (tertiary/aromatic N) is 2. The van der Waals surface area contributed by atoms with Gasteiger partial charge in [-0.3, -0.25) is 9.80 Å². The molecule has 3 saturated heterocycles. The second-order valence-corrected chi connectivity index (χ2v) is 6.23. The van der Waals surface area contributed by atoms with Gasteiger partial charge in [-0.1, -0.05) is 6.92 Å². The molecule has 2 atom stereocenters. The highest BCUT2D eigenvalue weighted by atomic mass is 15.3. The molecule has 17 heavy (non-hydrogen) atoms. The summed E-state index contributed by atoms with van der Waals surface area (Å²) in [5, 5.41) is 3.77. The lowest BCUT2D eigenvalue weighted by atomic mass is 9.93. The van der Waals surface area contributed by atoms with Crippen LogP contribution in [0.2, 0.25) is 0 Å². The molecule has 3 aliphatic rings. The fraction of sp³-hybridized carbons (Fsp3) is 1.00. The fourth-order valence-electron chi connectivity index (χ4n) is 4.04. The van der Waals surface area contributed by atoms with Crippen LogP contribution in [0.5, 0.6) is 0 Å². The van der Waals surface area contributed by atoms with E-state index >= 15 is 0 Å². The Labute approximate surface area is 106 Å². The van der Waals surface area contributed by atoms with Gasteiger partial charge >= 0.3 is 0 Å². The van der Waals surface area contributed by atoms with Crippen molar-refractivity contribution >= 4 is 0 Å². The largest absolute Gasteiger partial charge is 0.310 e. The smallest absolute Gasteiger partial charge is 0.0306 e. The first kappa shape index (κ1) is 11.9. The molecule has 1 N–H and O–H groups in total.